The summed E-state index contributed by atoms with van der Waals surface area (Å²) in [6.07, 6.45) is 0. The molecule has 0 N–H and O–H groups in total. The van der Waals surface area contributed by atoms with Gasteiger partial charge in [-0.3, -0.25) is 0 Å². The quantitative estimate of drug-likeness (QED) is 0.774. The SMILES string of the molecule is COC(=O)c1cc(-c2cc(F)ccc2Cl)on1. The lowest BCUT2D eigenvalue weighted by Gasteiger charge is -1.98. The molecule has 2 aromatic rings. The predicted molar refractivity (Wildman–Crippen MR) is 58.2 cm³/mol. The third-order valence-corrected chi connectivity index (χ3v) is 2.43. The van der Waals surface area contributed by atoms with Gasteiger partial charge in [0.25, 0.3) is 0 Å². The summed E-state index contributed by atoms with van der Waals surface area (Å²) in [5, 5.41) is 3.81. The number of nitrogens with zero attached hydrogens (tertiary/aromatic N) is 1. The van der Waals surface area contributed by atoms with Crippen molar-refractivity contribution in [3.05, 3.63) is 40.8 Å². The van der Waals surface area contributed by atoms with Gasteiger partial charge in [-0.2, -0.15) is 0 Å². The summed E-state index contributed by atoms with van der Waals surface area (Å²) in [6, 6.07) is 5.16. The van der Waals surface area contributed by atoms with Crippen molar-refractivity contribution in [2.45, 2.75) is 0 Å². The average Bonchev–Trinajstić information content (AvgIpc) is 2.80. The average molecular weight is 256 g/mol. The van der Waals surface area contributed by atoms with Crippen LogP contribution in [0.25, 0.3) is 11.3 Å². The van der Waals surface area contributed by atoms with Crippen LogP contribution < -0.4 is 0 Å². The van der Waals surface area contributed by atoms with Gasteiger partial charge in [0.1, 0.15) is 5.82 Å². The van der Waals surface area contributed by atoms with Crippen molar-refractivity contribution < 1.29 is 18.4 Å². The third-order valence-electron chi connectivity index (χ3n) is 2.10. The van der Waals surface area contributed by atoms with Crippen LogP contribution in [0, 0.1) is 5.82 Å². The molecule has 17 heavy (non-hydrogen) atoms. The smallest absolute Gasteiger partial charge is 0.360 e. The maximum Gasteiger partial charge on any atom is 0.360 e. The highest BCUT2D eigenvalue weighted by molar-refractivity contribution is 6.33. The van der Waals surface area contributed by atoms with Gasteiger partial charge in [0.05, 0.1) is 12.1 Å². The van der Waals surface area contributed by atoms with E-state index in [0.29, 0.717) is 10.6 Å². The van der Waals surface area contributed by atoms with Gasteiger partial charge in [-0.25, -0.2) is 9.18 Å². The number of hydrogen-bond donors (Lipinski definition) is 0. The molecule has 2 rings (SSSR count). The molecule has 0 bridgehead atoms. The van der Waals surface area contributed by atoms with Gasteiger partial charge in [0, 0.05) is 11.6 Å². The predicted octanol–water partition coefficient (Wildman–Crippen LogP) is 2.92. The first-order valence-electron chi connectivity index (χ1n) is 4.62. The van der Waals surface area contributed by atoms with Crippen LogP contribution in [-0.2, 0) is 4.74 Å². The number of aromatic nitrogens is 1. The first-order valence-corrected chi connectivity index (χ1v) is 5.00. The molecule has 0 aliphatic heterocycles. The fourth-order valence-electron chi connectivity index (χ4n) is 1.29. The van der Waals surface area contributed by atoms with Gasteiger partial charge in [-0.05, 0) is 18.2 Å². The van der Waals surface area contributed by atoms with Crippen molar-refractivity contribution in [1.82, 2.24) is 5.16 Å². The molecule has 4 nitrogen and oxygen atoms in total. The molecule has 0 atom stereocenters. The molecule has 1 aromatic carbocycles. The molecule has 0 aliphatic carbocycles. The molecule has 0 radical (unpaired) electrons. The topological polar surface area (TPSA) is 52.3 Å². The Morgan fingerprint density at radius 1 is 1.47 bits per heavy atom. The number of halogens is 2. The van der Waals surface area contributed by atoms with Gasteiger partial charge in [-0.15, -0.1) is 0 Å². The van der Waals surface area contributed by atoms with E-state index in [0.717, 1.165) is 0 Å². The second kappa shape index (κ2) is 4.55. The number of esters is 1. The molecule has 6 heteroatoms. The summed E-state index contributed by atoms with van der Waals surface area (Å²) in [5.74, 6) is -0.886. The van der Waals surface area contributed by atoms with E-state index < -0.39 is 11.8 Å². The lowest BCUT2D eigenvalue weighted by Crippen LogP contribution is -2.00. The second-order valence-corrected chi connectivity index (χ2v) is 3.60. The zero-order valence-corrected chi connectivity index (χ0v) is 9.49. The Morgan fingerprint density at radius 3 is 2.94 bits per heavy atom. The summed E-state index contributed by atoms with van der Waals surface area (Å²) in [6.45, 7) is 0. The minimum absolute atomic E-state index is 0.00262. The largest absolute Gasteiger partial charge is 0.464 e. The molecule has 0 aliphatic rings. The van der Waals surface area contributed by atoms with Gasteiger partial charge in [-0.1, -0.05) is 16.8 Å². The van der Waals surface area contributed by atoms with Crippen molar-refractivity contribution in [1.29, 1.82) is 0 Å². The molecule has 0 fully saturated rings. The lowest BCUT2D eigenvalue weighted by atomic mass is 10.1. The van der Waals surface area contributed by atoms with Crippen LogP contribution >= 0.6 is 11.6 Å². The first-order chi connectivity index (χ1) is 8.11. The first kappa shape index (κ1) is 11.6. The standard InChI is InChI=1S/C11H7ClFNO3/c1-16-11(15)9-5-10(17-14-9)7-4-6(13)2-3-8(7)12/h2-5H,1H3. The fourth-order valence-corrected chi connectivity index (χ4v) is 1.50. The molecule has 88 valence electrons. The monoisotopic (exact) mass is 255 g/mol. The number of carbonyl (C=O) groups excluding carboxylic acids is 1. The summed E-state index contributed by atoms with van der Waals surface area (Å²) in [7, 11) is 1.23. The van der Waals surface area contributed by atoms with E-state index in [9.17, 15) is 9.18 Å². The highest BCUT2D eigenvalue weighted by atomic mass is 35.5. The summed E-state index contributed by atoms with van der Waals surface area (Å²) in [5.41, 5.74) is 0.331. The highest BCUT2D eigenvalue weighted by Gasteiger charge is 2.16. The number of ether oxygens (including phenoxy) is 1. The van der Waals surface area contributed by atoms with E-state index >= 15 is 0 Å². The van der Waals surface area contributed by atoms with Crippen LogP contribution in [0.2, 0.25) is 5.02 Å². The van der Waals surface area contributed by atoms with Gasteiger partial charge in [0.15, 0.2) is 11.5 Å². The van der Waals surface area contributed by atoms with Gasteiger partial charge >= 0.3 is 5.97 Å². The van der Waals surface area contributed by atoms with Crippen LogP contribution in [0.1, 0.15) is 10.5 Å². The highest BCUT2D eigenvalue weighted by Crippen LogP contribution is 2.29. The van der Waals surface area contributed by atoms with Crippen molar-refractivity contribution in [2.75, 3.05) is 7.11 Å². The number of rotatable bonds is 2. The van der Waals surface area contributed by atoms with Crippen molar-refractivity contribution in [3.63, 3.8) is 0 Å². The Morgan fingerprint density at radius 2 is 2.24 bits per heavy atom. The molecule has 0 unspecified atom stereocenters. The minimum Gasteiger partial charge on any atom is -0.464 e. The van der Waals surface area contributed by atoms with E-state index in [4.69, 9.17) is 16.1 Å². The minimum atomic E-state index is -0.632. The Balaban J connectivity index is 2.43. The normalized spacial score (nSPS) is 10.3. The Kier molecular flexibility index (Phi) is 3.10. The van der Waals surface area contributed by atoms with Crippen molar-refractivity contribution in [3.8, 4) is 11.3 Å². The van der Waals surface area contributed by atoms with Crippen LogP contribution in [0.15, 0.2) is 28.8 Å². The van der Waals surface area contributed by atoms with E-state index in [2.05, 4.69) is 9.89 Å². The van der Waals surface area contributed by atoms with E-state index in [1.807, 2.05) is 0 Å². The Bertz CT molecular complexity index is 568. The zero-order chi connectivity index (χ0) is 12.4. The van der Waals surface area contributed by atoms with Crippen LogP contribution in [0.3, 0.4) is 0 Å². The maximum atomic E-state index is 13.1. The molecule has 0 amide bonds. The summed E-state index contributed by atoms with van der Waals surface area (Å²) < 4.78 is 22.4. The summed E-state index contributed by atoms with van der Waals surface area (Å²) >= 11 is 5.88. The van der Waals surface area contributed by atoms with Crippen LogP contribution in [0.4, 0.5) is 4.39 Å². The van der Waals surface area contributed by atoms with Crippen molar-refractivity contribution in [2.24, 2.45) is 0 Å². The number of hydrogen-bond acceptors (Lipinski definition) is 4. The van der Waals surface area contributed by atoms with Gasteiger partial charge in [0.2, 0.25) is 0 Å². The lowest BCUT2D eigenvalue weighted by molar-refractivity contribution is 0.0589. The van der Waals surface area contributed by atoms with Crippen LogP contribution in [0.5, 0.6) is 0 Å². The maximum absolute atomic E-state index is 13.1. The Labute approximate surface area is 101 Å². The molecular formula is C11H7ClFNO3. The number of carbonyl (C=O) groups is 1. The van der Waals surface area contributed by atoms with E-state index in [1.54, 1.807) is 0 Å². The molecule has 0 saturated carbocycles. The zero-order valence-electron chi connectivity index (χ0n) is 8.74. The van der Waals surface area contributed by atoms with E-state index in [1.165, 1.54) is 31.4 Å². The molecule has 0 saturated heterocycles. The number of benzene rings is 1. The second-order valence-electron chi connectivity index (χ2n) is 3.19. The third kappa shape index (κ3) is 2.29. The van der Waals surface area contributed by atoms with Crippen molar-refractivity contribution >= 4 is 17.6 Å². The number of methoxy groups -OCH3 is 1. The van der Waals surface area contributed by atoms with Crippen LogP contribution in [-0.4, -0.2) is 18.2 Å². The molecule has 1 aromatic heterocycles. The molecule has 0 spiro atoms. The fraction of sp³-hybridized carbons (Fsp3) is 0.0909. The van der Waals surface area contributed by atoms with Gasteiger partial charge < -0.3 is 9.26 Å². The Hall–Kier alpha value is -1.88. The summed E-state index contributed by atoms with van der Waals surface area (Å²) in [4.78, 5) is 11.2. The molecule has 1 heterocycles. The molecular weight excluding hydrogens is 249 g/mol. The van der Waals surface area contributed by atoms with E-state index in [-0.39, 0.29) is 11.5 Å².